The van der Waals surface area contributed by atoms with E-state index in [2.05, 4.69) is 10.3 Å². The van der Waals surface area contributed by atoms with Crippen molar-refractivity contribution in [2.75, 3.05) is 19.0 Å². The number of benzene rings is 1. The van der Waals surface area contributed by atoms with Gasteiger partial charge in [0.2, 0.25) is 0 Å². The molecule has 0 fully saturated rings. The lowest BCUT2D eigenvalue weighted by Crippen LogP contribution is -2.17. The molecule has 0 aliphatic rings. The first-order valence-corrected chi connectivity index (χ1v) is 5.33. The SMILES string of the molecule is C/C=C\C(COC(=O)Nc1ccccc1)=NC. The van der Waals surface area contributed by atoms with Gasteiger partial charge in [0.05, 0.1) is 5.71 Å². The molecule has 0 aliphatic carbocycles. The third kappa shape index (κ3) is 4.97. The Labute approximate surface area is 101 Å². The van der Waals surface area contributed by atoms with Crippen molar-refractivity contribution in [1.29, 1.82) is 0 Å². The molecule has 0 spiro atoms. The van der Waals surface area contributed by atoms with Gasteiger partial charge >= 0.3 is 6.09 Å². The maximum atomic E-state index is 11.4. The summed E-state index contributed by atoms with van der Waals surface area (Å²) < 4.78 is 5.02. The highest BCUT2D eigenvalue weighted by Gasteiger charge is 2.03. The van der Waals surface area contributed by atoms with E-state index < -0.39 is 6.09 Å². The quantitative estimate of drug-likeness (QED) is 0.811. The van der Waals surface area contributed by atoms with Crippen LogP contribution in [0.4, 0.5) is 10.5 Å². The number of nitrogens with zero attached hydrogens (tertiary/aromatic N) is 1. The molecule has 1 N–H and O–H groups in total. The third-order valence-corrected chi connectivity index (χ3v) is 2.02. The van der Waals surface area contributed by atoms with Crippen molar-refractivity contribution in [3.8, 4) is 0 Å². The number of allylic oxidation sites excluding steroid dienone is 1. The van der Waals surface area contributed by atoms with E-state index in [1.54, 1.807) is 25.3 Å². The minimum absolute atomic E-state index is 0.166. The molecular formula is C13H16N2O2. The molecular weight excluding hydrogens is 216 g/mol. The largest absolute Gasteiger partial charge is 0.443 e. The number of para-hydroxylation sites is 1. The molecule has 0 saturated heterocycles. The van der Waals surface area contributed by atoms with Gasteiger partial charge in [0.15, 0.2) is 0 Å². The zero-order valence-corrected chi connectivity index (χ0v) is 10.0. The number of carbonyl (C=O) groups excluding carboxylic acids is 1. The molecule has 0 unspecified atom stereocenters. The Hall–Kier alpha value is -2.10. The number of aliphatic imine (C=N–C) groups is 1. The minimum Gasteiger partial charge on any atom is -0.443 e. The average Bonchev–Trinajstić information content (AvgIpc) is 2.35. The normalized spacial score (nSPS) is 11.5. The number of hydrogen-bond donors (Lipinski definition) is 1. The predicted octanol–water partition coefficient (Wildman–Crippen LogP) is 2.88. The summed E-state index contributed by atoms with van der Waals surface area (Å²) >= 11 is 0. The van der Waals surface area contributed by atoms with Crippen LogP contribution >= 0.6 is 0 Å². The van der Waals surface area contributed by atoms with E-state index in [0.29, 0.717) is 5.69 Å². The van der Waals surface area contributed by atoms with Gasteiger partial charge in [-0.3, -0.25) is 10.3 Å². The molecule has 4 nitrogen and oxygen atoms in total. The summed E-state index contributed by atoms with van der Waals surface area (Å²) in [6, 6.07) is 9.15. The molecule has 1 aromatic rings. The second-order valence-corrected chi connectivity index (χ2v) is 3.28. The van der Waals surface area contributed by atoms with E-state index >= 15 is 0 Å². The molecule has 0 heterocycles. The molecule has 1 aromatic carbocycles. The van der Waals surface area contributed by atoms with Crippen LogP contribution < -0.4 is 5.32 Å². The van der Waals surface area contributed by atoms with Crippen LogP contribution in [0.15, 0.2) is 47.5 Å². The lowest BCUT2D eigenvalue weighted by molar-refractivity contribution is 0.178. The molecule has 0 aliphatic heterocycles. The van der Waals surface area contributed by atoms with E-state index in [0.717, 1.165) is 5.71 Å². The van der Waals surface area contributed by atoms with Gasteiger partial charge in [-0.15, -0.1) is 0 Å². The first-order valence-electron chi connectivity index (χ1n) is 5.33. The van der Waals surface area contributed by atoms with Gasteiger partial charge < -0.3 is 4.74 Å². The lowest BCUT2D eigenvalue weighted by atomic mass is 10.3. The Kier molecular flexibility index (Phi) is 5.51. The van der Waals surface area contributed by atoms with Crippen LogP contribution in [0.25, 0.3) is 0 Å². The minimum atomic E-state index is -0.484. The predicted molar refractivity (Wildman–Crippen MR) is 69.6 cm³/mol. The smallest absolute Gasteiger partial charge is 0.412 e. The van der Waals surface area contributed by atoms with Crippen LogP contribution in [0.1, 0.15) is 6.92 Å². The van der Waals surface area contributed by atoms with E-state index in [-0.39, 0.29) is 6.61 Å². The van der Waals surface area contributed by atoms with E-state index in [9.17, 15) is 4.79 Å². The number of hydrogen-bond acceptors (Lipinski definition) is 3. The maximum Gasteiger partial charge on any atom is 0.412 e. The second-order valence-electron chi connectivity index (χ2n) is 3.28. The maximum absolute atomic E-state index is 11.4. The van der Waals surface area contributed by atoms with Crippen LogP contribution in [0.5, 0.6) is 0 Å². The van der Waals surface area contributed by atoms with Gasteiger partial charge in [0.1, 0.15) is 6.61 Å². The number of nitrogens with one attached hydrogen (secondary N) is 1. The van der Waals surface area contributed by atoms with Crippen molar-refractivity contribution in [1.82, 2.24) is 0 Å². The number of amides is 1. The van der Waals surface area contributed by atoms with Crippen molar-refractivity contribution in [2.45, 2.75) is 6.92 Å². The number of carbonyl (C=O) groups is 1. The van der Waals surface area contributed by atoms with Gasteiger partial charge in [0.25, 0.3) is 0 Å². The molecule has 17 heavy (non-hydrogen) atoms. The zero-order chi connectivity index (χ0) is 12.5. The van der Waals surface area contributed by atoms with Crippen LogP contribution in [0, 0.1) is 0 Å². The first-order chi connectivity index (χ1) is 8.26. The Morgan fingerprint density at radius 3 is 2.71 bits per heavy atom. The number of rotatable bonds is 4. The van der Waals surface area contributed by atoms with Gasteiger partial charge in [-0.2, -0.15) is 0 Å². The molecule has 4 heteroatoms. The summed E-state index contributed by atoms with van der Waals surface area (Å²) in [7, 11) is 1.66. The molecule has 0 bridgehead atoms. The van der Waals surface area contributed by atoms with Gasteiger partial charge in [-0.25, -0.2) is 4.79 Å². The van der Waals surface area contributed by atoms with Crippen LogP contribution in [-0.4, -0.2) is 25.5 Å². The van der Waals surface area contributed by atoms with Crippen molar-refractivity contribution >= 4 is 17.5 Å². The number of anilines is 1. The fraction of sp³-hybridized carbons (Fsp3) is 0.231. The van der Waals surface area contributed by atoms with E-state index in [4.69, 9.17) is 4.74 Å². The molecule has 0 radical (unpaired) electrons. The van der Waals surface area contributed by atoms with Crippen molar-refractivity contribution in [3.05, 3.63) is 42.5 Å². The summed E-state index contributed by atoms with van der Waals surface area (Å²) in [6.07, 6.45) is 3.17. The molecule has 1 amide bonds. The van der Waals surface area contributed by atoms with Gasteiger partial charge in [-0.05, 0) is 25.1 Å². The summed E-state index contributed by atoms with van der Waals surface area (Å²) in [4.78, 5) is 15.4. The lowest BCUT2D eigenvalue weighted by Gasteiger charge is -2.06. The molecule has 0 atom stereocenters. The zero-order valence-electron chi connectivity index (χ0n) is 10.0. The first kappa shape index (κ1) is 13.0. The van der Waals surface area contributed by atoms with Crippen LogP contribution in [0.3, 0.4) is 0 Å². The molecule has 0 saturated carbocycles. The highest BCUT2D eigenvalue weighted by molar-refractivity contribution is 5.97. The molecule has 0 aromatic heterocycles. The Balaban J connectivity index is 2.41. The Morgan fingerprint density at radius 1 is 1.41 bits per heavy atom. The Morgan fingerprint density at radius 2 is 2.12 bits per heavy atom. The van der Waals surface area contributed by atoms with Crippen molar-refractivity contribution in [3.63, 3.8) is 0 Å². The second kappa shape index (κ2) is 7.22. The fourth-order valence-corrected chi connectivity index (χ4v) is 1.19. The summed E-state index contributed by atoms with van der Waals surface area (Å²) in [6.45, 7) is 2.05. The average molecular weight is 232 g/mol. The summed E-state index contributed by atoms with van der Waals surface area (Å²) in [5, 5.41) is 2.62. The molecule has 1 rings (SSSR count). The summed E-state index contributed by atoms with van der Waals surface area (Å²) in [5.41, 5.74) is 1.43. The van der Waals surface area contributed by atoms with Gasteiger partial charge in [-0.1, -0.05) is 24.3 Å². The van der Waals surface area contributed by atoms with Gasteiger partial charge in [0, 0.05) is 12.7 Å². The van der Waals surface area contributed by atoms with E-state index in [1.165, 1.54) is 0 Å². The third-order valence-electron chi connectivity index (χ3n) is 2.02. The van der Waals surface area contributed by atoms with Crippen LogP contribution in [-0.2, 0) is 4.74 Å². The van der Waals surface area contributed by atoms with Crippen LogP contribution in [0.2, 0.25) is 0 Å². The summed E-state index contributed by atoms with van der Waals surface area (Å²) in [5.74, 6) is 0. The highest BCUT2D eigenvalue weighted by atomic mass is 16.5. The highest BCUT2D eigenvalue weighted by Crippen LogP contribution is 2.05. The number of ether oxygens (including phenoxy) is 1. The monoisotopic (exact) mass is 232 g/mol. The van der Waals surface area contributed by atoms with E-state index in [1.807, 2.05) is 31.2 Å². The van der Waals surface area contributed by atoms with Crippen molar-refractivity contribution in [2.24, 2.45) is 4.99 Å². The van der Waals surface area contributed by atoms with Crippen molar-refractivity contribution < 1.29 is 9.53 Å². The fourth-order valence-electron chi connectivity index (χ4n) is 1.19. The topological polar surface area (TPSA) is 50.7 Å². The Bertz CT molecular complexity index is 411. The standard InChI is InChI=1S/C13H16N2O2/c1-3-7-12(14-2)10-17-13(16)15-11-8-5-4-6-9-11/h3-9H,10H2,1-2H3,(H,15,16)/b7-3-,14-12?. The molecule has 90 valence electrons.